The van der Waals surface area contributed by atoms with Crippen LogP contribution in [0, 0.1) is 12.8 Å². The van der Waals surface area contributed by atoms with E-state index >= 15 is 0 Å². The van der Waals surface area contributed by atoms with Crippen LogP contribution >= 0.6 is 0 Å². The van der Waals surface area contributed by atoms with E-state index in [0.29, 0.717) is 24.1 Å². The summed E-state index contributed by atoms with van der Waals surface area (Å²) in [4.78, 5) is 14.2. The summed E-state index contributed by atoms with van der Waals surface area (Å²) in [6.07, 6.45) is 3.77. The summed E-state index contributed by atoms with van der Waals surface area (Å²) in [5, 5.41) is 11.5. The van der Waals surface area contributed by atoms with Crippen LogP contribution < -0.4 is 10.1 Å². The number of carbonyl (C=O) groups excluding carboxylic acids is 1. The van der Waals surface area contributed by atoms with Gasteiger partial charge in [-0.3, -0.25) is 9.69 Å². The lowest BCUT2D eigenvalue weighted by Gasteiger charge is -2.24. The van der Waals surface area contributed by atoms with E-state index in [-0.39, 0.29) is 17.9 Å². The van der Waals surface area contributed by atoms with Gasteiger partial charge in [0.05, 0.1) is 17.1 Å². The number of fused-ring (bicyclic) bond motifs is 1. The van der Waals surface area contributed by atoms with Crippen molar-refractivity contribution in [3.8, 4) is 17.0 Å². The van der Waals surface area contributed by atoms with E-state index < -0.39 is 0 Å². The molecule has 8 nitrogen and oxygen atoms in total. The molecule has 5 rings (SSSR count). The molecule has 1 N–H and O–H groups in total. The Morgan fingerprint density at radius 1 is 1.24 bits per heavy atom. The van der Waals surface area contributed by atoms with Crippen molar-refractivity contribution in [2.45, 2.75) is 25.8 Å². The van der Waals surface area contributed by atoms with Gasteiger partial charge in [-0.2, -0.15) is 5.10 Å². The summed E-state index contributed by atoms with van der Waals surface area (Å²) >= 11 is 0. The van der Waals surface area contributed by atoms with Gasteiger partial charge in [-0.25, -0.2) is 4.52 Å². The Labute approximate surface area is 192 Å². The van der Waals surface area contributed by atoms with E-state index in [1.54, 1.807) is 4.52 Å². The average Bonchev–Trinajstić information content (AvgIpc) is 3.49. The summed E-state index contributed by atoms with van der Waals surface area (Å²) in [5.74, 6) is 1.86. The van der Waals surface area contributed by atoms with Gasteiger partial charge >= 0.3 is 0 Å². The molecule has 3 aromatic heterocycles. The van der Waals surface area contributed by atoms with Crippen LogP contribution in [0.3, 0.4) is 0 Å². The number of hydrogen-bond donors (Lipinski definition) is 1. The summed E-state index contributed by atoms with van der Waals surface area (Å²) in [6, 6.07) is 16.1. The van der Waals surface area contributed by atoms with Gasteiger partial charge in [0, 0.05) is 18.2 Å². The minimum absolute atomic E-state index is 0.0399. The molecule has 1 saturated carbocycles. The first-order chi connectivity index (χ1) is 16.0. The van der Waals surface area contributed by atoms with Crippen LogP contribution in [-0.2, 0) is 4.79 Å². The molecule has 1 fully saturated rings. The predicted octanol–water partition coefficient (Wildman–Crippen LogP) is 4.33. The third kappa shape index (κ3) is 4.47. The fraction of sp³-hybridized carbons (Fsp3) is 0.320. The normalized spacial score (nSPS) is 14.5. The fourth-order valence-electron chi connectivity index (χ4n) is 3.94. The molecule has 1 aliphatic carbocycles. The number of likely N-dealkylation sites (N-methyl/N-ethyl adjacent to an activating group) is 1. The first-order valence-electron chi connectivity index (χ1n) is 11.1. The van der Waals surface area contributed by atoms with Crippen LogP contribution in [0.5, 0.6) is 5.88 Å². The Hall–Kier alpha value is -3.65. The number of benzene rings is 1. The van der Waals surface area contributed by atoms with E-state index in [0.717, 1.165) is 29.5 Å². The Morgan fingerprint density at radius 2 is 2.03 bits per heavy atom. The van der Waals surface area contributed by atoms with Crippen molar-refractivity contribution in [3.05, 3.63) is 66.1 Å². The van der Waals surface area contributed by atoms with Crippen molar-refractivity contribution in [1.29, 1.82) is 0 Å². The van der Waals surface area contributed by atoms with Crippen LogP contribution in [0.4, 0.5) is 5.82 Å². The summed E-state index contributed by atoms with van der Waals surface area (Å²) in [7, 11) is 4.06. The molecule has 0 radical (unpaired) electrons. The molecule has 8 heteroatoms. The van der Waals surface area contributed by atoms with Crippen molar-refractivity contribution in [3.63, 3.8) is 0 Å². The Bertz CT molecular complexity index is 1270. The maximum atomic E-state index is 12.1. The van der Waals surface area contributed by atoms with Crippen LogP contribution in [0.1, 0.15) is 30.2 Å². The lowest BCUT2D eigenvalue weighted by atomic mass is 10.1. The highest BCUT2D eigenvalue weighted by Crippen LogP contribution is 2.35. The monoisotopic (exact) mass is 445 g/mol. The average molecular weight is 446 g/mol. The maximum absolute atomic E-state index is 12.1. The minimum atomic E-state index is 0.0399. The third-order valence-corrected chi connectivity index (χ3v) is 5.97. The van der Waals surface area contributed by atoms with Gasteiger partial charge in [0.1, 0.15) is 12.4 Å². The molecule has 0 saturated heterocycles. The van der Waals surface area contributed by atoms with Crippen LogP contribution in [0.25, 0.3) is 16.6 Å². The van der Waals surface area contributed by atoms with Crippen LogP contribution in [-0.4, -0.2) is 46.3 Å². The van der Waals surface area contributed by atoms with Crippen LogP contribution in [0.2, 0.25) is 0 Å². The number of aryl methyl sites for hydroxylation is 1. The van der Waals surface area contributed by atoms with E-state index in [2.05, 4.69) is 32.6 Å². The van der Waals surface area contributed by atoms with E-state index in [1.165, 1.54) is 5.56 Å². The maximum Gasteiger partial charge on any atom is 0.262 e. The lowest BCUT2D eigenvalue weighted by Crippen LogP contribution is -2.26. The number of anilines is 1. The molecule has 0 spiro atoms. The van der Waals surface area contributed by atoms with Crippen molar-refractivity contribution >= 4 is 17.2 Å². The smallest absolute Gasteiger partial charge is 0.262 e. The second-order valence-corrected chi connectivity index (χ2v) is 8.70. The number of ether oxygens (including phenoxy) is 1. The molecule has 1 amide bonds. The SMILES string of the molecule is Cc1onc(OC[C@H](c2ccccc2)N(C)C)c1-c1ccn2nc(NC(=O)C3CC3)cc2c1. The molecular formula is C25H27N5O3. The molecule has 0 bridgehead atoms. The zero-order valence-corrected chi connectivity index (χ0v) is 19.0. The number of nitrogens with one attached hydrogen (secondary N) is 1. The molecule has 0 aliphatic heterocycles. The highest BCUT2D eigenvalue weighted by atomic mass is 16.5. The minimum Gasteiger partial charge on any atom is -0.473 e. The number of hydrogen-bond acceptors (Lipinski definition) is 6. The molecule has 33 heavy (non-hydrogen) atoms. The third-order valence-electron chi connectivity index (χ3n) is 5.97. The molecule has 1 aliphatic rings. The van der Waals surface area contributed by atoms with Crippen LogP contribution in [0.15, 0.2) is 59.3 Å². The molecular weight excluding hydrogens is 418 g/mol. The highest BCUT2D eigenvalue weighted by Gasteiger charge is 2.30. The molecule has 4 aromatic rings. The number of rotatable bonds is 8. The van der Waals surface area contributed by atoms with Gasteiger partial charge in [-0.05, 0) is 62.3 Å². The Kier molecular flexibility index (Phi) is 5.60. The second kappa shape index (κ2) is 8.71. The van der Waals surface area contributed by atoms with E-state index in [4.69, 9.17) is 9.26 Å². The van der Waals surface area contributed by atoms with Gasteiger partial charge < -0.3 is 14.6 Å². The summed E-state index contributed by atoms with van der Waals surface area (Å²) in [6.45, 7) is 2.31. The van der Waals surface area contributed by atoms with Crippen molar-refractivity contribution in [2.75, 3.05) is 26.0 Å². The Morgan fingerprint density at radius 3 is 2.76 bits per heavy atom. The molecule has 170 valence electrons. The standard InChI is InChI=1S/C25H27N5O3/c1-16-23(25(28-33-16)32-15-21(29(2)3)17-7-5-4-6-8-17)19-11-12-30-20(13-19)14-22(27-30)26-24(31)18-9-10-18/h4-8,11-14,18,21H,9-10,15H2,1-3H3,(H,26,27,31)/t21-/m1/s1. The largest absolute Gasteiger partial charge is 0.473 e. The zero-order valence-electron chi connectivity index (χ0n) is 19.0. The molecule has 1 aromatic carbocycles. The molecule has 1 atom stereocenters. The van der Waals surface area contributed by atoms with E-state index in [1.807, 2.05) is 63.6 Å². The lowest BCUT2D eigenvalue weighted by molar-refractivity contribution is -0.117. The number of amides is 1. The fourth-order valence-corrected chi connectivity index (χ4v) is 3.94. The zero-order chi connectivity index (χ0) is 22.9. The molecule has 3 heterocycles. The van der Waals surface area contributed by atoms with Gasteiger partial charge in [0.2, 0.25) is 5.91 Å². The molecule has 0 unspecified atom stereocenters. The van der Waals surface area contributed by atoms with Crippen molar-refractivity contribution in [1.82, 2.24) is 19.7 Å². The van der Waals surface area contributed by atoms with E-state index in [9.17, 15) is 4.79 Å². The van der Waals surface area contributed by atoms with Gasteiger partial charge in [0.25, 0.3) is 5.88 Å². The van der Waals surface area contributed by atoms with Crippen molar-refractivity contribution in [2.24, 2.45) is 5.92 Å². The van der Waals surface area contributed by atoms with Gasteiger partial charge in [-0.15, -0.1) is 0 Å². The predicted molar refractivity (Wildman–Crippen MR) is 125 cm³/mol. The first-order valence-corrected chi connectivity index (χ1v) is 11.1. The summed E-state index contributed by atoms with van der Waals surface area (Å²) < 4.78 is 13.4. The summed E-state index contributed by atoms with van der Waals surface area (Å²) in [5.41, 5.74) is 3.76. The number of carbonyl (C=O) groups is 1. The highest BCUT2D eigenvalue weighted by molar-refractivity contribution is 5.93. The Balaban J connectivity index is 1.38. The quantitative estimate of drug-likeness (QED) is 0.435. The topological polar surface area (TPSA) is 84.9 Å². The van der Waals surface area contributed by atoms with Gasteiger partial charge in [-0.1, -0.05) is 30.3 Å². The van der Waals surface area contributed by atoms with Gasteiger partial charge in [0.15, 0.2) is 5.82 Å². The first kappa shape index (κ1) is 21.2. The number of pyridine rings is 1. The number of aromatic nitrogens is 3. The van der Waals surface area contributed by atoms with Crippen molar-refractivity contribution < 1.29 is 14.1 Å². The number of nitrogens with zero attached hydrogens (tertiary/aromatic N) is 4. The second-order valence-electron chi connectivity index (χ2n) is 8.70.